The summed E-state index contributed by atoms with van der Waals surface area (Å²) in [5.74, 6) is 4.12. The van der Waals surface area contributed by atoms with Crippen LogP contribution in [0.5, 0.6) is 5.75 Å². The molecule has 10 heteroatoms. The zero-order valence-electron chi connectivity index (χ0n) is 15.6. The maximum atomic E-state index is 13.1. The monoisotopic (exact) mass is 427 g/mol. The number of carboxylic acid groups (broad SMARTS) is 1. The molecule has 0 aliphatic carbocycles. The largest absolute Gasteiger partial charge is 0.481 e. The average molecular weight is 428 g/mol. The first-order chi connectivity index (χ1) is 12.9. The van der Waals surface area contributed by atoms with Crippen LogP contribution in [0, 0.1) is 11.8 Å². The molecule has 152 valence electrons. The van der Waals surface area contributed by atoms with Crippen LogP contribution >= 0.6 is 12.2 Å². The Morgan fingerprint density at radius 2 is 1.89 bits per heavy atom. The molecule has 1 aliphatic heterocycles. The molecule has 0 spiro atoms. The molecule has 0 aromatic heterocycles. The molecule has 0 saturated carbocycles. The van der Waals surface area contributed by atoms with E-state index >= 15 is 0 Å². The highest BCUT2D eigenvalue weighted by molar-refractivity contribution is 7.91. The first kappa shape index (κ1) is 22.1. The molecule has 2 N–H and O–H groups in total. The van der Waals surface area contributed by atoms with Crippen molar-refractivity contribution < 1.29 is 32.9 Å². The summed E-state index contributed by atoms with van der Waals surface area (Å²) in [6.45, 7) is 3.70. The molecule has 2 rings (SSSR count). The highest BCUT2D eigenvalue weighted by Crippen LogP contribution is 2.34. The molecule has 0 amide bonds. The Morgan fingerprint density at radius 3 is 2.43 bits per heavy atom. The number of morpholine rings is 1. The van der Waals surface area contributed by atoms with Crippen molar-refractivity contribution in [2.45, 2.75) is 36.9 Å². The van der Waals surface area contributed by atoms with E-state index in [0.717, 1.165) is 4.31 Å². The van der Waals surface area contributed by atoms with Gasteiger partial charge in [-0.3, -0.25) is 4.31 Å². The Kier molecular flexibility index (Phi) is 6.35. The molecular formula is C18H21NO7S2. The van der Waals surface area contributed by atoms with Crippen LogP contribution in [-0.4, -0.2) is 64.9 Å². The van der Waals surface area contributed by atoms with Gasteiger partial charge in [0.25, 0.3) is 10.0 Å². The number of aliphatic hydroxyl groups excluding tert-OH is 1. The number of rotatable bonds is 5. The molecule has 1 aromatic carbocycles. The van der Waals surface area contributed by atoms with Gasteiger partial charge in [-0.15, -0.1) is 0 Å². The van der Waals surface area contributed by atoms with Crippen molar-refractivity contribution in [1.82, 2.24) is 4.31 Å². The summed E-state index contributed by atoms with van der Waals surface area (Å²) in [6.07, 6.45) is 0. The van der Waals surface area contributed by atoms with E-state index in [0.29, 0.717) is 5.75 Å². The molecule has 1 atom stereocenters. The fourth-order valence-corrected chi connectivity index (χ4v) is 4.64. The van der Waals surface area contributed by atoms with Gasteiger partial charge < -0.3 is 19.7 Å². The first-order valence-electron chi connectivity index (χ1n) is 8.24. The Hall–Kier alpha value is -2.19. The smallest absolute Gasteiger partial charge is 0.337 e. The van der Waals surface area contributed by atoms with Crippen molar-refractivity contribution in [2.75, 3.05) is 19.8 Å². The summed E-state index contributed by atoms with van der Waals surface area (Å²) in [6, 6.07) is 5.59. The normalized spacial score (nSPS) is 21.6. The van der Waals surface area contributed by atoms with E-state index in [1.807, 2.05) is 0 Å². The van der Waals surface area contributed by atoms with Gasteiger partial charge in [0, 0.05) is 0 Å². The van der Waals surface area contributed by atoms with Gasteiger partial charge >= 0.3 is 5.97 Å². The van der Waals surface area contributed by atoms with Crippen molar-refractivity contribution in [3.63, 3.8) is 0 Å². The second kappa shape index (κ2) is 8.05. The van der Waals surface area contributed by atoms with Crippen molar-refractivity contribution in [3.05, 3.63) is 24.3 Å². The zero-order valence-corrected chi connectivity index (χ0v) is 17.3. The van der Waals surface area contributed by atoms with Crippen LogP contribution in [-0.2, 0) is 19.6 Å². The Bertz CT molecular complexity index is 929. The van der Waals surface area contributed by atoms with E-state index in [-0.39, 0.29) is 23.1 Å². The molecule has 0 radical (unpaired) electrons. The molecule has 0 bridgehead atoms. The second-order valence-corrected chi connectivity index (χ2v) is 8.99. The van der Waals surface area contributed by atoms with E-state index in [2.05, 4.69) is 11.8 Å². The minimum absolute atomic E-state index is 0.0224. The highest BCUT2D eigenvalue weighted by atomic mass is 32.2. The maximum Gasteiger partial charge on any atom is 0.337 e. The van der Waals surface area contributed by atoms with Crippen LogP contribution in [0.3, 0.4) is 0 Å². The van der Waals surface area contributed by atoms with Crippen molar-refractivity contribution in [3.8, 4) is 17.6 Å². The quantitative estimate of drug-likeness (QED) is 0.529. The third-order valence-electron chi connectivity index (χ3n) is 4.05. The van der Waals surface area contributed by atoms with Gasteiger partial charge in [-0.05, 0) is 45.0 Å². The molecule has 1 unspecified atom stereocenters. The summed E-state index contributed by atoms with van der Waals surface area (Å²) in [5.41, 5.74) is -3.00. The summed E-state index contributed by atoms with van der Waals surface area (Å²) in [4.78, 5) is 11.6. The van der Waals surface area contributed by atoms with Crippen LogP contribution in [0.25, 0.3) is 0 Å². The molecule has 28 heavy (non-hydrogen) atoms. The number of aliphatic hydroxyl groups is 1. The lowest BCUT2D eigenvalue weighted by molar-refractivity contribution is -0.180. The number of aliphatic carboxylic acids is 1. The van der Waals surface area contributed by atoms with Gasteiger partial charge in [0.1, 0.15) is 29.6 Å². The Morgan fingerprint density at radius 1 is 1.29 bits per heavy atom. The Balaban J connectivity index is 2.31. The predicted molar refractivity (Wildman–Crippen MR) is 104 cm³/mol. The lowest BCUT2D eigenvalue weighted by atomic mass is 9.99. The number of ether oxygens (including phenoxy) is 2. The fraction of sp³-hybridized carbons (Fsp3) is 0.444. The number of nitrogens with zero attached hydrogens (tertiary/aromatic N) is 1. The van der Waals surface area contributed by atoms with E-state index in [1.165, 1.54) is 45.0 Å². The van der Waals surface area contributed by atoms with Crippen LogP contribution in [0.1, 0.15) is 20.8 Å². The molecule has 1 aromatic rings. The summed E-state index contributed by atoms with van der Waals surface area (Å²) in [7, 11) is -4.10. The number of hydrogen-bond acceptors (Lipinski definition) is 7. The van der Waals surface area contributed by atoms with Crippen molar-refractivity contribution in [2.24, 2.45) is 0 Å². The number of carboxylic acids is 1. The lowest BCUT2D eigenvalue weighted by Gasteiger charge is -2.46. The first-order valence-corrected chi connectivity index (χ1v) is 10.1. The molecule has 8 nitrogen and oxygen atoms in total. The zero-order chi connectivity index (χ0) is 21.2. The maximum absolute atomic E-state index is 13.1. The molecule has 1 aliphatic rings. The van der Waals surface area contributed by atoms with E-state index < -0.39 is 33.7 Å². The van der Waals surface area contributed by atoms with E-state index in [9.17, 15) is 18.3 Å². The number of sulfonamides is 1. The van der Waals surface area contributed by atoms with Crippen LogP contribution < -0.4 is 4.74 Å². The Labute approximate surface area is 169 Å². The third-order valence-corrected chi connectivity index (χ3v) is 6.63. The average Bonchev–Trinajstić information content (AvgIpc) is 2.61. The van der Waals surface area contributed by atoms with E-state index in [4.69, 9.17) is 26.8 Å². The molecule has 1 heterocycles. The third kappa shape index (κ3) is 4.44. The molecule has 1 fully saturated rings. The minimum atomic E-state index is -4.10. The molecular weight excluding hydrogens is 406 g/mol. The highest BCUT2D eigenvalue weighted by Gasteiger charge is 2.52. The minimum Gasteiger partial charge on any atom is -0.481 e. The number of thiocarbonyl (C=S) groups is 1. The van der Waals surface area contributed by atoms with Crippen molar-refractivity contribution in [1.29, 1.82) is 0 Å². The van der Waals surface area contributed by atoms with Gasteiger partial charge in [0.15, 0.2) is 5.60 Å². The predicted octanol–water partition coefficient (Wildman–Crippen LogP) is 1.03. The van der Waals surface area contributed by atoms with Crippen molar-refractivity contribution >= 4 is 33.2 Å². The molecule has 1 saturated heterocycles. The number of hydrogen-bond donors (Lipinski definition) is 2. The van der Waals surface area contributed by atoms with Gasteiger partial charge in [0.2, 0.25) is 0 Å². The lowest BCUT2D eigenvalue weighted by Crippen LogP contribution is -2.65. The topological polar surface area (TPSA) is 113 Å². The number of carbonyl (C=O) groups is 1. The summed E-state index contributed by atoms with van der Waals surface area (Å²) >= 11 is 5.28. The summed E-state index contributed by atoms with van der Waals surface area (Å²) in [5, 5.41) is 18.1. The van der Waals surface area contributed by atoms with Gasteiger partial charge in [-0.25, -0.2) is 13.2 Å². The fourth-order valence-electron chi connectivity index (χ4n) is 2.65. The van der Waals surface area contributed by atoms with Gasteiger partial charge in [-0.1, -0.05) is 24.1 Å². The number of benzene rings is 1. The van der Waals surface area contributed by atoms with Gasteiger partial charge in [0.05, 0.1) is 11.4 Å². The standard InChI is InChI=1S/C18H21NO7S2/c1-17(2)15(27)19(12-18(3,26-17)16(21)22)28(23,24)14-8-6-13(7-9-14)25-11-5-4-10-20/h6-9,20H,10-12H2,1-3H3,(H,21,22). The summed E-state index contributed by atoms with van der Waals surface area (Å²) < 4.78 is 38.0. The van der Waals surface area contributed by atoms with Crippen LogP contribution in [0.4, 0.5) is 0 Å². The van der Waals surface area contributed by atoms with Gasteiger partial charge in [-0.2, -0.15) is 0 Å². The van der Waals surface area contributed by atoms with Crippen LogP contribution in [0.15, 0.2) is 29.2 Å². The SMILES string of the molecule is CC1(C)OC(C)(C(=O)O)CN(S(=O)(=O)c2ccc(OCC#CCO)cc2)C1=S. The van der Waals surface area contributed by atoms with E-state index in [1.54, 1.807) is 0 Å². The van der Waals surface area contributed by atoms with Crippen LogP contribution in [0.2, 0.25) is 0 Å². The second-order valence-electron chi connectivity index (χ2n) is 6.74.